The fraction of sp³-hybridized carbons (Fsp3) is 0.429. The zero-order valence-corrected chi connectivity index (χ0v) is 13.2. The predicted octanol–water partition coefficient (Wildman–Crippen LogP) is 3.29. The van der Waals surface area contributed by atoms with Crippen LogP contribution in [-0.4, -0.2) is 21.5 Å². The summed E-state index contributed by atoms with van der Waals surface area (Å²) < 4.78 is 16.1. The molecule has 0 amide bonds. The van der Waals surface area contributed by atoms with Crippen LogP contribution in [0.4, 0.5) is 4.39 Å². The van der Waals surface area contributed by atoms with Crippen molar-refractivity contribution >= 4 is 15.9 Å². The van der Waals surface area contributed by atoms with Crippen molar-refractivity contribution < 1.29 is 4.39 Å². The Kier molecular flexibility index (Phi) is 5.25. The monoisotopic (exact) mass is 340 g/mol. The van der Waals surface area contributed by atoms with Gasteiger partial charge in [-0.2, -0.15) is 0 Å². The van der Waals surface area contributed by atoms with Crippen LogP contribution < -0.4 is 5.32 Å². The van der Waals surface area contributed by atoms with E-state index in [1.54, 1.807) is 12.3 Å². The first-order valence-electron chi connectivity index (χ1n) is 6.74. The first-order chi connectivity index (χ1) is 9.69. The van der Waals surface area contributed by atoms with Crippen molar-refractivity contribution in [2.24, 2.45) is 0 Å². The van der Waals surface area contributed by atoms with Gasteiger partial charge in [-0.3, -0.25) is 0 Å². The topological polar surface area (TPSA) is 42.7 Å². The van der Waals surface area contributed by atoms with Gasteiger partial charge in [0.25, 0.3) is 0 Å². The van der Waals surface area contributed by atoms with Crippen LogP contribution in [0.1, 0.15) is 37.6 Å². The zero-order chi connectivity index (χ0) is 14.5. The smallest absolute Gasteiger partial charge is 0.137 e. The van der Waals surface area contributed by atoms with Gasteiger partial charge in [-0.25, -0.2) is 9.07 Å². The van der Waals surface area contributed by atoms with Crippen LogP contribution in [0.15, 0.2) is 28.9 Å². The van der Waals surface area contributed by atoms with E-state index in [0.717, 1.165) is 30.8 Å². The molecular formula is C14H18BrFN4. The minimum Gasteiger partial charge on any atom is -0.305 e. The number of nitrogens with one attached hydrogen (secondary N) is 1. The van der Waals surface area contributed by atoms with Crippen molar-refractivity contribution in [2.75, 3.05) is 6.54 Å². The van der Waals surface area contributed by atoms with E-state index < -0.39 is 0 Å². The molecule has 0 aliphatic heterocycles. The number of hydrogen-bond donors (Lipinski definition) is 1. The Balaban J connectivity index is 2.45. The van der Waals surface area contributed by atoms with E-state index in [9.17, 15) is 4.39 Å². The third-order valence-electron chi connectivity index (χ3n) is 3.08. The fourth-order valence-electron chi connectivity index (χ4n) is 2.20. The molecule has 1 unspecified atom stereocenters. The Bertz CT molecular complexity index is 570. The zero-order valence-electron chi connectivity index (χ0n) is 11.6. The summed E-state index contributed by atoms with van der Waals surface area (Å²) in [6.07, 6.45) is 2.71. The van der Waals surface area contributed by atoms with E-state index in [2.05, 4.69) is 38.5 Å². The molecule has 0 fully saturated rings. The quantitative estimate of drug-likeness (QED) is 0.877. The van der Waals surface area contributed by atoms with E-state index in [1.807, 2.05) is 17.7 Å². The summed E-state index contributed by atoms with van der Waals surface area (Å²) in [6.45, 7) is 5.68. The lowest BCUT2D eigenvalue weighted by Gasteiger charge is -2.20. The maximum Gasteiger partial charge on any atom is 0.137 e. The van der Waals surface area contributed by atoms with Gasteiger partial charge < -0.3 is 5.32 Å². The molecule has 0 aliphatic rings. The highest BCUT2D eigenvalue weighted by Crippen LogP contribution is 2.30. The largest absolute Gasteiger partial charge is 0.305 e. The maximum atomic E-state index is 13.8. The van der Waals surface area contributed by atoms with Crippen molar-refractivity contribution in [1.82, 2.24) is 20.3 Å². The minimum absolute atomic E-state index is 0.133. The molecule has 1 N–H and O–H groups in total. The molecule has 0 radical (unpaired) electrons. The average molecular weight is 341 g/mol. The van der Waals surface area contributed by atoms with E-state index in [-0.39, 0.29) is 11.9 Å². The van der Waals surface area contributed by atoms with E-state index in [1.165, 1.54) is 6.07 Å². The molecule has 0 saturated heterocycles. The number of aromatic nitrogens is 3. The summed E-state index contributed by atoms with van der Waals surface area (Å²) >= 11 is 3.33. The van der Waals surface area contributed by atoms with Gasteiger partial charge in [-0.05, 0) is 40.5 Å². The summed E-state index contributed by atoms with van der Waals surface area (Å²) in [5.74, 6) is -0.264. The highest BCUT2D eigenvalue weighted by Gasteiger charge is 2.21. The van der Waals surface area contributed by atoms with Gasteiger partial charge >= 0.3 is 0 Å². The molecule has 1 aromatic carbocycles. The van der Waals surface area contributed by atoms with Crippen molar-refractivity contribution in [3.63, 3.8) is 0 Å². The maximum absolute atomic E-state index is 13.8. The fourth-order valence-corrected chi connectivity index (χ4v) is 2.69. The first kappa shape index (κ1) is 15.1. The normalized spacial score (nSPS) is 12.6. The second-order valence-electron chi connectivity index (χ2n) is 4.52. The summed E-state index contributed by atoms with van der Waals surface area (Å²) in [7, 11) is 0. The Morgan fingerprint density at radius 3 is 2.90 bits per heavy atom. The lowest BCUT2D eigenvalue weighted by molar-refractivity contribution is 0.508. The van der Waals surface area contributed by atoms with Crippen molar-refractivity contribution in [2.45, 2.75) is 32.9 Å². The van der Waals surface area contributed by atoms with Crippen LogP contribution in [0.3, 0.4) is 0 Å². The average Bonchev–Trinajstić information content (AvgIpc) is 2.88. The van der Waals surface area contributed by atoms with Gasteiger partial charge in [0.1, 0.15) is 5.82 Å². The summed E-state index contributed by atoms with van der Waals surface area (Å²) in [4.78, 5) is 0. The van der Waals surface area contributed by atoms with Gasteiger partial charge in [-0.1, -0.05) is 31.2 Å². The molecule has 0 bridgehead atoms. The van der Waals surface area contributed by atoms with Crippen LogP contribution in [0.2, 0.25) is 0 Å². The standard InChI is InChI=1S/C14H18BrFN4/c1-3-8-20-12(9-18-19-20)14(17-4-2)10-6-5-7-11(16)13(10)15/h5-7,9,14,17H,3-4,8H2,1-2H3. The highest BCUT2D eigenvalue weighted by molar-refractivity contribution is 9.10. The third kappa shape index (κ3) is 3.07. The van der Waals surface area contributed by atoms with E-state index >= 15 is 0 Å². The number of hydrogen-bond acceptors (Lipinski definition) is 3. The number of nitrogens with zero attached hydrogens (tertiary/aromatic N) is 3. The van der Waals surface area contributed by atoms with Crippen LogP contribution in [0.5, 0.6) is 0 Å². The Labute approximate surface area is 126 Å². The molecule has 108 valence electrons. The Hall–Kier alpha value is -1.27. The molecule has 1 aromatic heterocycles. The molecule has 20 heavy (non-hydrogen) atoms. The predicted molar refractivity (Wildman–Crippen MR) is 79.9 cm³/mol. The molecule has 2 aromatic rings. The SMILES string of the molecule is CCCn1nncc1C(NCC)c1cccc(F)c1Br. The third-order valence-corrected chi connectivity index (χ3v) is 3.92. The number of benzene rings is 1. The van der Waals surface area contributed by atoms with Crippen LogP contribution >= 0.6 is 15.9 Å². The van der Waals surface area contributed by atoms with E-state index in [0.29, 0.717) is 4.47 Å². The molecular weight excluding hydrogens is 323 g/mol. The number of halogens is 2. The van der Waals surface area contributed by atoms with Crippen LogP contribution in [-0.2, 0) is 6.54 Å². The lowest BCUT2D eigenvalue weighted by Crippen LogP contribution is -2.25. The van der Waals surface area contributed by atoms with Crippen molar-refractivity contribution in [3.8, 4) is 0 Å². The van der Waals surface area contributed by atoms with Crippen molar-refractivity contribution in [3.05, 3.63) is 45.9 Å². The second-order valence-corrected chi connectivity index (χ2v) is 5.31. The van der Waals surface area contributed by atoms with Gasteiger partial charge in [0.05, 0.1) is 22.4 Å². The second kappa shape index (κ2) is 6.95. The highest BCUT2D eigenvalue weighted by atomic mass is 79.9. The molecule has 0 aliphatic carbocycles. The molecule has 0 spiro atoms. The molecule has 4 nitrogen and oxygen atoms in total. The van der Waals surface area contributed by atoms with Gasteiger partial charge in [-0.15, -0.1) is 5.10 Å². The molecule has 1 heterocycles. The van der Waals surface area contributed by atoms with E-state index in [4.69, 9.17) is 0 Å². The first-order valence-corrected chi connectivity index (χ1v) is 7.54. The van der Waals surface area contributed by atoms with Gasteiger partial charge in [0.15, 0.2) is 0 Å². The Morgan fingerprint density at radius 2 is 2.20 bits per heavy atom. The number of aryl methyl sites for hydroxylation is 1. The molecule has 2 rings (SSSR count). The minimum atomic E-state index is -0.264. The van der Waals surface area contributed by atoms with Crippen LogP contribution in [0.25, 0.3) is 0 Å². The summed E-state index contributed by atoms with van der Waals surface area (Å²) in [6, 6.07) is 4.93. The number of rotatable bonds is 6. The van der Waals surface area contributed by atoms with Gasteiger partial charge in [0, 0.05) is 6.54 Å². The summed E-state index contributed by atoms with van der Waals surface area (Å²) in [5, 5.41) is 11.5. The van der Waals surface area contributed by atoms with Crippen molar-refractivity contribution in [1.29, 1.82) is 0 Å². The van der Waals surface area contributed by atoms with Crippen LogP contribution in [0, 0.1) is 5.82 Å². The lowest BCUT2D eigenvalue weighted by atomic mass is 10.0. The summed E-state index contributed by atoms with van der Waals surface area (Å²) in [5.41, 5.74) is 1.80. The molecule has 1 atom stereocenters. The Morgan fingerprint density at radius 1 is 1.40 bits per heavy atom. The molecule has 6 heteroatoms. The van der Waals surface area contributed by atoms with Gasteiger partial charge in [0.2, 0.25) is 0 Å². The molecule has 0 saturated carbocycles.